The predicted octanol–water partition coefficient (Wildman–Crippen LogP) is 2.62. The summed E-state index contributed by atoms with van der Waals surface area (Å²) in [6.07, 6.45) is -4.38. The zero-order valence-electron chi connectivity index (χ0n) is 12.8. The summed E-state index contributed by atoms with van der Waals surface area (Å²) < 4.78 is 41.1. The van der Waals surface area contributed by atoms with Crippen molar-refractivity contribution < 1.29 is 22.7 Å². The van der Waals surface area contributed by atoms with Crippen LogP contribution in [0.3, 0.4) is 0 Å². The van der Waals surface area contributed by atoms with Crippen molar-refractivity contribution in [2.24, 2.45) is 11.1 Å². The van der Waals surface area contributed by atoms with E-state index in [4.69, 9.17) is 5.73 Å². The van der Waals surface area contributed by atoms with Gasteiger partial charge in [-0.1, -0.05) is 32.9 Å². The van der Waals surface area contributed by atoms with Gasteiger partial charge in [-0.05, 0) is 23.1 Å². The predicted molar refractivity (Wildman–Crippen MR) is 77.3 cm³/mol. The van der Waals surface area contributed by atoms with E-state index in [1.165, 1.54) is 12.1 Å². The molecule has 1 amide bonds. The number of halogens is 3. The lowest BCUT2D eigenvalue weighted by molar-refractivity contribution is -0.153. The zero-order valence-corrected chi connectivity index (χ0v) is 12.8. The first-order valence-corrected chi connectivity index (χ1v) is 6.80. The number of carbonyl (C=O) groups excluding carboxylic acids is 1. The van der Waals surface area contributed by atoms with Gasteiger partial charge >= 0.3 is 6.18 Å². The number of alkyl halides is 3. The molecule has 0 saturated heterocycles. The second-order valence-corrected chi connectivity index (χ2v) is 6.13. The largest absolute Gasteiger partial charge is 0.484 e. The number of nitrogens with one attached hydrogen (secondary N) is 1. The molecule has 0 fully saturated rings. The van der Waals surface area contributed by atoms with Gasteiger partial charge in [0, 0.05) is 6.54 Å². The number of primary amides is 1. The van der Waals surface area contributed by atoms with Gasteiger partial charge in [0.1, 0.15) is 5.75 Å². The summed E-state index contributed by atoms with van der Waals surface area (Å²) in [5.41, 5.74) is 5.70. The second kappa shape index (κ2) is 7.00. The van der Waals surface area contributed by atoms with Crippen molar-refractivity contribution in [1.29, 1.82) is 0 Å². The Kier molecular flexibility index (Phi) is 5.82. The van der Waals surface area contributed by atoms with Crippen molar-refractivity contribution in [2.45, 2.75) is 39.5 Å². The van der Waals surface area contributed by atoms with Crippen molar-refractivity contribution in [3.05, 3.63) is 29.8 Å². The van der Waals surface area contributed by atoms with Crippen molar-refractivity contribution >= 4 is 5.91 Å². The van der Waals surface area contributed by atoms with Crippen molar-refractivity contribution in [1.82, 2.24) is 5.32 Å². The summed E-state index contributed by atoms with van der Waals surface area (Å²) in [6, 6.07) is 5.73. The van der Waals surface area contributed by atoms with E-state index in [2.05, 4.69) is 10.1 Å². The van der Waals surface area contributed by atoms with Crippen LogP contribution in [0, 0.1) is 5.41 Å². The minimum atomic E-state index is -4.38. The molecular weight excluding hydrogens is 297 g/mol. The number of ether oxygens (including phenoxy) is 1. The molecule has 0 aliphatic carbocycles. The van der Waals surface area contributed by atoms with Crippen LogP contribution in [0.4, 0.5) is 13.2 Å². The Labute approximate surface area is 127 Å². The smallest absolute Gasteiger partial charge is 0.422 e. The summed E-state index contributed by atoms with van der Waals surface area (Å²) >= 11 is 0. The first-order chi connectivity index (χ1) is 9.99. The molecule has 0 heterocycles. The molecule has 1 rings (SSSR count). The van der Waals surface area contributed by atoms with Gasteiger partial charge in [0.25, 0.3) is 0 Å². The number of amides is 1. The molecule has 3 N–H and O–H groups in total. The Balaban J connectivity index is 2.68. The van der Waals surface area contributed by atoms with Gasteiger partial charge in [-0.15, -0.1) is 0 Å². The summed E-state index contributed by atoms with van der Waals surface area (Å²) in [7, 11) is 0. The fourth-order valence-electron chi connectivity index (χ4n) is 1.96. The van der Waals surface area contributed by atoms with E-state index in [1.54, 1.807) is 12.1 Å². The first kappa shape index (κ1) is 18.3. The molecule has 0 aromatic heterocycles. The van der Waals surface area contributed by atoms with Gasteiger partial charge in [0.05, 0.1) is 6.04 Å². The molecule has 22 heavy (non-hydrogen) atoms. The normalized spacial score (nSPS) is 13.7. The molecule has 0 aliphatic rings. The Morgan fingerprint density at radius 1 is 1.32 bits per heavy atom. The Morgan fingerprint density at radius 2 is 1.95 bits per heavy atom. The van der Waals surface area contributed by atoms with Crippen LogP contribution in [0.25, 0.3) is 0 Å². The average Bonchev–Trinajstić information content (AvgIpc) is 2.34. The third-order valence-corrected chi connectivity index (χ3v) is 2.96. The van der Waals surface area contributed by atoms with Crippen molar-refractivity contribution in [2.75, 3.05) is 6.61 Å². The molecule has 1 unspecified atom stereocenters. The summed E-state index contributed by atoms with van der Waals surface area (Å²) in [5.74, 6) is -0.347. The maximum atomic E-state index is 12.1. The Hall–Kier alpha value is -1.76. The molecule has 1 aromatic rings. The average molecular weight is 318 g/mol. The fraction of sp³-hybridized carbons (Fsp3) is 0.533. The molecule has 0 aliphatic heterocycles. The highest BCUT2D eigenvalue weighted by molar-refractivity contribution is 5.80. The molecule has 7 heteroatoms. The van der Waals surface area contributed by atoms with E-state index in [0.29, 0.717) is 12.1 Å². The third kappa shape index (κ3) is 6.34. The van der Waals surface area contributed by atoms with E-state index in [0.717, 1.165) is 0 Å². The van der Waals surface area contributed by atoms with Crippen LogP contribution in [-0.4, -0.2) is 24.7 Å². The maximum Gasteiger partial charge on any atom is 0.422 e. The highest BCUT2D eigenvalue weighted by Crippen LogP contribution is 2.21. The molecule has 4 nitrogen and oxygen atoms in total. The maximum absolute atomic E-state index is 12.1. The van der Waals surface area contributed by atoms with Crippen LogP contribution in [0.1, 0.15) is 26.3 Å². The van der Waals surface area contributed by atoms with Gasteiger partial charge < -0.3 is 15.8 Å². The Morgan fingerprint density at radius 3 is 2.45 bits per heavy atom. The second-order valence-electron chi connectivity index (χ2n) is 6.13. The van der Waals surface area contributed by atoms with E-state index in [1.807, 2.05) is 20.8 Å². The number of carbonyl (C=O) groups is 1. The van der Waals surface area contributed by atoms with Crippen molar-refractivity contribution in [3.8, 4) is 5.75 Å². The lowest BCUT2D eigenvalue weighted by Gasteiger charge is -2.29. The van der Waals surface area contributed by atoms with Gasteiger partial charge in [-0.2, -0.15) is 13.2 Å². The molecule has 1 atom stereocenters. The van der Waals surface area contributed by atoms with E-state index >= 15 is 0 Å². The van der Waals surface area contributed by atoms with Gasteiger partial charge in [0.15, 0.2) is 6.61 Å². The standard InChI is InChI=1S/C15H21F3N2O2/c1-14(2,3)12(13(19)21)20-8-10-5-4-6-11(7-10)22-9-15(16,17)18/h4-7,12,20H,8-9H2,1-3H3,(H2,19,21). The van der Waals surface area contributed by atoms with Crippen LogP contribution in [0.2, 0.25) is 0 Å². The summed E-state index contributed by atoms with van der Waals surface area (Å²) in [6.45, 7) is 4.58. The highest BCUT2D eigenvalue weighted by Gasteiger charge is 2.29. The molecule has 0 saturated carbocycles. The molecule has 124 valence electrons. The molecule has 0 bridgehead atoms. The Bertz CT molecular complexity index is 510. The number of nitrogens with two attached hydrogens (primary N) is 1. The summed E-state index contributed by atoms with van der Waals surface area (Å²) in [5, 5.41) is 3.02. The van der Waals surface area contributed by atoms with Crippen LogP contribution in [-0.2, 0) is 11.3 Å². The SMILES string of the molecule is CC(C)(C)C(NCc1cccc(OCC(F)(F)F)c1)C(N)=O. The van der Waals surface area contributed by atoms with Crippen LogP contribution >= 0.6 is 0 Å². The zero-order chi connectivity index (χ0) is 17.0. The highest BCUT2D eigenvalue weighted by atomic mass is 19.4. The monoisotopic (exact) mass is 318 g/mol. The van der Waals surface area contributed by atoms with E-state index in [9.17, 15) is 18.0 Å². The number of hydrogen-bond donors (Lipinski definition) is 2. The van der Waals surface area contributed by atoms with Crippen LogP contribution < -0.4 is 15.8 Å². The minimum absolute atomic E-state index is 0.128. The third-order valence-electron chi connectivity index (χ3n) is 2.96. The molecular formula is C15H21F3N2O2. The topological polar surface area (TPSA) is 64.3 Å². The van der Waals surface area contributed by atoms with Crippen molar-refractivity contribution in [3.63, 3.8) is 0 Å². The van der Waals surface area contributed by atoms with Gasteiger partial charge in [0.2, 0.25) is 5.91 Å². The lowest BCUT2D eigenvalue weighted by atomic mass is 9.86. The molecule has 1 aromatic carbocycles. The fourth-order valence-corrected chi connectivity index (χ4v) is 1.96. The number of hydrogen-bond acceptors (Lipinski definition) is 3. The van der Waals surface area contributed by atoms with E-state index in [-0.39, 0.29) is 11.2 Å². The van der Waals surface area contributed by atoms with E-state index < -0.39 is 24.7 Å². The molecule has 0 radical (unpaired) electrons. The van der Waals surface area contributed by atoms with Crippen LogP contribution in [0.15, 0.2) is 24.3 Å². The first-order valence-electron chi connectivity index (χ1n) is 6.80. The number of rotatable bonds is 6. The molecule has 0 spiro atoms. The number of benzene rings is 1. The summed E-state index contributed by atoms with van der Waals surface area (Å²) in [4.78, 5) is 11.5. The van der Waals surface area contributed by atoms with Crippen LogP contribution in [0.5, 0.6) is 5.75 Å². The van der Waals surface area contributed by atoms with Gasteiger partial charge in [-0.25, -0.2) is 0 Å². The lowest BCUT2D eigenvalue weighted by Crippen LogP contribution is -2.49. The quantitative estimate of drug-likeness (QED) is 0.847. The minimum Gasteiger partial charge on any atom is -0.484 e. The van der Waals surface area contributed by atoms with Gasteiger partial charge in [-0.3, -0.25) is 4.79 Å².